The SMILES string of the molecule is CC1CC(NC(=O)CSc2nc(NC3CCCCC3)c3ccccc3n2)NN1. The molecule has 0 radical (unpaired) electrons. The Kier molecular flexibility index (Phi) is 6.29. The van der Waals surface area contributed by atoms with Gasteiger partial charge in [-0.05, 0) is 38.3 Å². The number of carbonyl (C=O) groups is 1. The molecule has 8 heteroatoms. The molecule has 1 saturated carbocycles. The molecule has 1 aliphatic heterocycles. The van der Waals surface area contributed by atoms with Gasteiger partial charge in [0.2, 0.25) is 5.91 Å². The van der Waals surface area contributed by atoms with Gasteiger partial charge in [0, 0.05) is 17.5 Å². The minimum atomic E-state index is -0.0239. The van der Waals surface area contributed by atoms with E-state index in [1.165, 1.54) is 43.9 Å². The highest BCUT2D eigenvalue weighted by atomic mass is 32.2. The number of carbonyl (C=O) groups excluding carboxylic acids is 1. The van der Waals surface area contributed by atoms with Gasteiger partial charge in [0.15, 0.2) is 5.16 Å². The lowest BCUT2D eigenvalue weighted by Gasteiger charge is -2.24. The smallest absolute Gasteiger partial charge is 0.231 e. The first-order valence-electron chi connectivity index (χ1n) is 10.1. The molecule has 0 spiro atoms. The van der Waals surface area contributed by atoms with Crippen LogP contribution in [0, 0.1) is 0 Å². The number of hydrazine groups is 1. The minimum absolute atomic E-state index is 0.0167. The molecule has 1 aromatic heterocycles. The van der Waals surface area contributed by atoms with Crippen LogP contribution in [-0.4, -0.2) is 39.9 Å². The maximum absolute atomic E-state index is 12.3. The Balaban J connectivity index is 1.43. The van der Waals surface area contributed by atoms with Crippen molar-refractivity contribution in [1.29, 1.82) is 0 Å². The summed E-state index contributed by atoms with van der Waals surface area (Å²) in [4.78, 5) is 21.7. The van der Waals surface area contributed by atoms with E-state index in [9.17, 15) is 4.79 Å². The van der Waals surface area contributed by atoms with Gasteiger partial charge in [0.1, 0.15) is 5.82 Å². The predicted molar refractivity (Wildman–Crippen MR) is 113 cm³/mol. The summed E-state index contributed by atoms with van der Waals surface area (Å²) in [6.45, 7) is 2.08. The van der Waals surface area contributed by atoms with Crippen LogP contribution in [0.4, 0.5) is 5.82 Å². The molecule has 4 N–H and O–H groups in total. The summed E-state index contributed by atoms with van der Waals surface area (Å²) in [5, 5.41) is 8.30. The van der Waals surface area contributed by atoms with Crippen LogP contribution in [-0.2, 0) is 4.79 Å². The number of anilines is 1. The minimum Gasteiger partial charge on any atom is -0.367 e. The first kappa shape index (κ1) is 19.4. The Bertz CT molecular complexity index is 825. The Labute approximate surface area is 169 Å². The van der Waals surface area contributed by atoms with E-state index < -0.39 is 0 Å². The highest BCUT2D eigenvalue weighted by molar-refractivity contribution is 7.99. The first-order chi connectivity index (χ1) is 13.7. The summed E-state index contributed by atoms with van der Waals surface area (Å²) in [5.41, 5.74) is 7.10. The molecule has 28 heavy (non-hydrogen) atoms. The topological polar surface area (TPSA) is 91.0 Å². The molecule has 1 saturated heterocycles. The number of nitrogens with zero attached hydrogens (tertiary/aromatic N) is 2. The molecule has 2 atom stereocenters. The molecule has 1 aliphatic carbocycles. The van der Waals surface area contributed by atoms with Gasteiger partial charge >= 0.3 is 0 Å². The Morgan fingerprint density at radius 1 is 1.18 bits per heavy atom. The van der Waals surface area contributed by atoms with Crippen molar-refractivity contribution in [3.63, 3.8) is 0 Å². The van der Waals surface area contributed by atoms with E-state index in [4.69, 9.17) is 4.98 Å². The van der Waals surface area contributed by atoms with Crippen LogP contribution >= 0.6 is 11.8 Å². The van der Waals surface area contributed by atoms with Crippen LogP contribution in [0.1, 0.15) is 45.4 Å². The van der Waals surface area contributed by atoms with E-state index in [2.05, 4.69) is 39.5 Å². The molecule has 2 unspecified atom stereocenters. The third-order valence-electron chi connectivity index (χ3n) is 5.29. The van der Waals surface area contributed by atoms with Gasteiger partial charge < -0.3 is 10.6 Å². The average Bonchev–Trinajstić information content (AvgIpc) is 3.12. The maximum Gasteiger partial charge on any atom is 0.231 e. The fourth-order valence-corrected chi connectivity index (χ4v) is 4.51. The normalized spacial score (nSPS) is 23.0. The lowest BCUT2D eigenvalue weighted by Crippen LogP contribution is -2.45. The molecule has 7 nitrogen and oxygen atoms in total. The van der Waals surface area contributed by atoms with E-state index in [0.29, 0.717) is 23.0 Å². The molecule has 2 aliphatic rings. The number of aromatic nitrogens is 2. The van der Waals surface area contributed by atoms with E-state index in [1.807, 2.05) is 18.2 Å². The third kappa shape index (κ3) is 4.92. The van der Waals surface area contributed by atoms with Crippen LogP contribution in [0.2, 0.25) is 0 Å². The number of thioether (sulfide) groups is 1. The summed E-state index contributed by atoms with van der Waals surface area (Å²) in [5.74, 6) is 1.17. The summed E-state index contributed by atoms with van der Waals surface area (Å²) in [6, 6.07) is 8.89. The summed E-state index contributed by atoms with van der Waals surface area (Å²) < 4.78 is 0. The van der Waals surface area contributed by atoms with Crippen molar-refractivity contribution in [2.24, 2.45) is 0 Å². The zero-order valence-electron chi connectivity index (χ0n) is 16.2. The molecular weight excluding hydrogens is 372 g/mol. The number of nitrogens with one attached hydrogen (secondary N) is 4. The number of para-hydroxylation sites is 1. The van der Waals surface area contributed by atoms with Crippen molar-refractivity contribution in [1.82, 2.24) is 26.1 Å². The highest BCUT2D eigenvalue weighted by Crippen LogP contribution is 2.27. The molecule has 1 aromatic carbocycles. The van der Waals surface area contributed by atoms with Crippen molar-refractivity contribution in [3.8, 4) is 0 Å². The number of rotatable bonds is 6. The van der Waals surface area contributed by atoms with Gasteiger partial charge in [-0.15, -0.1) is 0 Å². The second-order valence-electron chi connectivity index (χ2n) is 7.69. The second kappa shape index (κ2) is 9.07. The molecule has 1 amide bonds. The maximum atomic E-state index is 12.3. The first-order valence-corrected chi connectivity index (χ1v) is 11.1. The molecule has 0 bridgehead atoms. The Hall–Kier alpha value is -1.90. The van der Waals surface area contributed by atoms with Crippen molar-refractivity contribution in [2.75, 3.05) is 11.1 Å². The van der Waals surface area contributed by atoms with Crippen molar-refractivity contribution in [3.05, 3.63) is 24.3 Å². The highest BCUT2D eigenvalue weighted by Gasteiger charge is 2.22. The average molecular weight is 401 g/mol. The zero-order valence-corrected chi connectivity index (χ0v) is 17.0. The fourth-order valence-electron chi connectivity index (χ4n) is 3.85. The van der Waals surface area contributed by atoms with Gasteiger partial charge in [0.05, 0.1) is 17.4 Å². The molecule has 4 rings (SSSR count). The monoisotopic (exact) mass is 400 g/mol. The molecule has 2 heterocycles. The number of amides is 1. The molecule has 2 fully saturated rings. The summed E-state index contributed by atoms with van der Waals surface area (Å²) in [6.07, 6.45) is 7.08. The second-order valence-corrected chi connectivity index (χ2v) is 8.63. The predicted octanol–water partition coefficient (Wildman–Crippen LogP) is 2.80. The van der Waals surface area contributed by atoms with Crippen LogP contribution in [0.3, 0.4) is 0 Å². The Morgan fingerprint density at radius 3 is 2.79 bits per heavy atom. The van der Waals surface area contributed by atoms with Gasteiger partial charge in [-0.25, -0.2) is 15.4 Å². The van der Waals surface area contributed by atoms with E-state index in [1.54, 1.807) is 0 Å². The standard InChI is InChI=1S/C20H28N6OS/c1-13-11-17(26-25-13)23-18(27)12-28-20-22-16-10-6-5-9-15(16)19(24-20)21-14-7-3-2-4-8-14/h5-6,9-10,13-14,17,25-26H,2-4,7-8,11-12H2,1H3,(H,23,27)(H,21,22,24). The lowest BCUT2D eigenvalue weighted by atomic mass is 9.95. The third-order valence-corrected chi connectivity index (χ3v) is 6.14. The van der Waals surface area contributed by atoms with Crippen LogP contribution < -0.4 is 21.5 Å². The van der Waals surface area contributed by atoms with Crippen LogP contribution in [0.15, 0.2) is 29.4 Å². The number of benzene rings is 1. The molecular formula is C20H28N6OS. The van der Waals surface area contributed by atoms with Crippen molar-refractivity contribution < 1.29 is 4.79 Å². The van der Waals surface area contributed by atoms with Crippen molar-refractivity contribution >= 4 is 34.4 Å². The molecule has 150 valence electrons. The summed E-state index contributed by atoms with van der Waals surface area (Å²) in [7, 11) is 0. The molecule has 2 aromatic rings. The Morgan fingerprint density at radius 2 is 2.00 bits per heavy atom. The summed E-state index contributed by atoms with van der Waals surface area (Å²) >= 11 is 1.38. The van der Waals surface area contributed by atoms with E-state index in [-0.39, 0.29) is 12.1 Å². The zero-order chi connectivity index (χ0) is 19.3. The van der Waals surface area contributed by atoms with Crippen molar-refractivity contribution in [2.45, 2.75) is 68.9 Å². The number of fused-ring (bicyclic) bond motifs is 1. The van der Waals surface area contributed by atoms with Gasteiger partial charge in [-0.3, -0.25) is 10.2 Å². The van der Waals surface area contributed by atoms with E-state index in [0.717, 1.165) is 23.1 Å². The van der Waals surface area contributed by atoms with Crippen LogP contribution in [0.25, 0.3) is 10.9 Å². The van der Waals surface area contributed by atoms with E-state index >= 15 is 0 Å². The van der Waals surface area contributed by atoms with Gasteiger partial charge in [0.25, 0.3) is 0 Å². The van der Waals surface area contributed by atoms with Gasteiger partial charge in [-0.1, -0.05) is 43.2 Å². The van der Waals surface area contributed by atoms with Crippen LogP contribution in [0.5, 0.6) is 0 Å². The fraction of sp³-hybridized carbons (Fsp3) is 0.550. The number of hydrogen-bond acceptors (Lipinski definition) is 7. The largest absolute Gasteiger partial charge is 0.367 e. The quantitative estimate of drug-likeness (QED) is 0.438. The lowest BCUT2D eigenvalue weighted by molar-refractivity contribution is -0.119. The van der Waals surface area contributed by atoms with Gasteiger partial charge in [-0.2, -0.15) is 0 Å². The number of hydrogen-bond donors (Lipinski definition) is 4.